The summed E-state index contributed by atoms with van der Waals surface area (Å²) in [4.78, 5) is 14.9. The fourth-order valence-corrected chi connectivity index (χ4v) is 6.02. The third kappa shape index (κ3) is 4.97. The second-order valence-corrected chi connectivity index (χ2v) is 11.4. The van der Waals surface area contributed by atoms with Crippen molar-refractivity contribution in [2.75, 3.05) is 26.2 Å². The monoisotopic (exact) mass is 566 g/mol. The van der Waals surface area contributed by atoms with Crippen molar-refractivity contribution in [3.8, 4) is 22.9 Å². The zero-order valence-corrected chi connectivity index (χ0v) is 21.9. The maximum atomic E-state index is 13.0. The third-order valence-electron chi connectivity index (χ3n) is 6.06. The largest absolute Gasteiger partial charge is 0.416 e. The Morgan fingerprint density at radius 3 is 2.03 bits per heavy atom. The fraction of sp³-hybridized carbons (Fsp3) is 0.192. The molecule has 1 aliphatic heterocycles. The van der Waals surface area contributed by atoms with E-state index in [4.69, 9.17) is 4.42 Å². The van der Waals surface area contributed by atoms with Crippen molar-refractivity contribution in [3.05, 3.63) is 88.4 Å². The van der Waals surface area contributed by atoms with Gasteiger partial charge in [-0.2, -0.15) is 4.31 Å². The van der Waals surface area contributed by atoms with Crippen LogP contribution in [0.4, 0.5) is 0 Å². The van der Waals surface area contributed by atoms with Crippen LogP contribution in [-0.2, 0) is 10.0 Å². The van der Waals surface area contributed by atoms with E-state index in [-0.39, 0.29) is 23.9 Å². The van der Waals surface area contributed by atoms with E-state index in [0.29, 0.717) is 40.5 Å². The molecule has 0 N–H and O–H groups in total. The second-order valence-electron chi connectivity index (χ2n) is 8.51. The van der Waals surface area contributed by atoms with E-state index < -0.39 is 10.0 Å². The van der Waals surface area contributed by atoms with Gasteiger partial charge in [0, 0.05) is 47.3 Å². The molecule has 1 amide bonds. The lowest BCUT2D eigenvalue weighted by molar-refractivity contribution is 0.0698. The molecule has 0 aliphatic carbocycles. The third-order valence-corrected chi connectivity index (χ3v) is 8.45. The SMILES string of the molecule is Cc1ccc(-c2nnc(-c3ccc(C(=O)N4CCN(S(=O)(=O)c5cccc(Br)c5)CC4)cc3)o2)cc1. The van der Waals surface area contributed by atoms with Crippen LogP contribution in [0.25, 0.3) is 22.9 Å². The Morgan fingerprint density at radius 2 is 1.44 bits per heavy atom. The number of hydrogen-bond donors (Lipinski definition) is 0. The lowest BCUT2D eigenvalue weighted by Gasteiger charge is -2.34. The smallest absolute Gasteiger partial charge is 0.253 e. The van der Waals surface area contributed by atoms with Gasteiger partial charge in [-0.15, -0.1) is 10.2 Å². The quantitative estimate of drug-likeness (QED) is 0.349. The molecule has 0 spiro atoms. The number of nitrogens with zero attached hydrogens (tertiary/aromatic N) is 4. The average molecular weight is 567 g/mol. The van der Waals surface area contributed by atoms with Gasteiger partial charge in [0.25, 0.3) is 5.91 Å². The number of sulfonamides is 1. The standard InChI is InChI=1S/C26H23BrN4O4S/c1-18-5-7-19(8-6-18)24-28-29-25(35-24)20-9-11-21(12-10-20)26(32)30-13-15-31(16-14-30)36(33,34)23-4-2-3-22(27)17-23/h2-12,17H,13-16H2,1H3. The molecule has 1 fully saturated rings. The van der Waals surface area contributed by atoms with E-state index in [0.717, 1.165) is 11.1 Å². The van der Waals surface area contributed by atoms with Gasteiger partial charge in [0.1, 0.15) is 0 Å². The van der Waals surface area contributed by atoms with Gasteiger partial charge < -0.3 is 9.32 Å². The van der Waals surface area contributed by atoms with Gasteiger partial charge in [0.15, 0.2) is 0 Å². The van der Waals surface area contributed by atoms with Gasteiger partial charge in [-0.3, -0.25) is 4.79 Å². The second kappa shape index (κ2) is 9.96. The summed E-state index contributed by atoms with van der Waals surface area (Å²) in [6.45, 7) is 3.12. The number of amides is 1. The van der Waals surface area contributed by atoms with Crippen LogP contribution < -0.4 is 0 Å². The molecular weight excluding hydrogens is 544 g/mol. The Bertz CT molecular complexity index is 1490. The topological polar surface area (TPSA) is 96.6 Å². The highest BCUT2D eigenvalue weighted by Gasteiger charge is 2.30. The number of halogens is 1. The lowest BCUT2D eigenvalue weighted by Crippen LogP contribution is -2.50. The highest BCUT2D eigenvalue weighted by Crippen LogP contribution is 2.25. The minimum atomic E-state index is -3.61. The van der Waals surface area contributed by atoms with Crippen LogP contribution in [0.3, 0.4) is 0 Å². The molecule has 5 rings (SSSR count). The molecule has 8 nitrogen and oxygen atoms in total. The number of hydrogen-bond acceptors (Lipinski definition) is 6. The summed E-state index contributed by atoms with van der Waals surface area (Å²) in [5.74, 6) is 0.656. The predicted molar refractivity (Wildman–Crippen MR) is 139 cm³/mol. The summed E-state index contributed by atoms with van der Waals surface area (Å²) < 4.78 is 33.8. The number of aryl methyl sites for hydroxylation is 1. The molecule has 4 aromatic rings. The van der Waals surface area contributed by atoms with Crippen LogP contribution in [0.15, 0.2) is 86.6 Å². The molecule has 0 atom stereocenters. The van der Waals surface area contributed by atoms with Crippen LogP contribution in [0.1, 0.15) is 15.9 Å². The molecule has 0 radical (unpaired) electrons. The first-order valence-corrected chi connectivity index (χ1v) is 13.6. The molecule has 1 aliphatic rings. The van der Waals surface area contributed by atoms with Crippen LogP contribution in [0, 0.1) is 6.92 Å². The van der Waals surface area contributed by atoms with E-state index in [2.05, 4.69) is 26.1 Å². The Kier molecular flexibility index (Phi) is 6.74. The molecule has 2 heterocycles. The normalized spacial score (nSPS) is 14.7. The first-order valence-electron chi connectivity index (χ1n) is 11.4. The van der Waals surface area contributed by atoms with Crippen LogP contribution in [0.5, 0.6) is 0 Å². The molecular formula is C26H23BrN4O4S. The summed E-state index contributed by atoms with van der Waals surface area (Å²) in [7, 11) is -3.61. The highest BCUT2D eigenvalue weighted by molar-refractivity contribution is 9.10. The van der Waals surface area contributed by atoms with Gasteiger partial charge in [0.2, 0.25) is 21.8 Å². The Morgan fingerprint density at radius 1 is 0.861 bits per heavy atom. The van der Waals surface area contributed by atoms with Crippen molar-refractivity contribution in [1.29, 1.82) is 0 Å². The molecule has 0 saturated carbocycles. The summed E-state index contributed by atoms with van der Waals surface area (Å²) in [5.41, 5.74) is 3.21. The maximum absolute atomic E-state index is 13.0. The molecule has 1 aromatic heterocycles. The zero-order chi connectivity index (χ0) is 25.3. The number of piperazine rings is 1. The van der Waals surface area contributed by atoms with Crippen LogP contribution in [0.2, 0.25) is 0 Å². The number of rotatable bonds is 5. The van der Waals surface area contributed by atoms with Crippen molar-refractivity contribution >= 4 is 31.9 Å². The van der Waals surface area contributed by atoms with Crippen molar-refractivity contribution in [2.45, 2.75) is 11.8 Å². The van der Waals surface area contributed by atoms with Crippen molar-refractivity contribution in [1.82, 2.24) is 19.4 Å². The van der Waals surface area contributed by atoms with E-state index in [1.807, 2.05) is 31.2 Å². The predicted octanol–water partition coefficient (Wildman–Crippen LogP) is 4.62. The Labute approximate surface area is 217 Å². The summed E-state index contributed by atoms with van der Waals surface area (Å²) in [6, 6.07) is 21.4. The fourth-order valence-electron chi connectivity index (χ4n) is 4.00. The van der Waals surface area contributed by atoms with Gasteiger partial charge >= 0.3 is 0 Å². The van der Waals surface area contributed by atoms with E-state index in [1.165, 1.54) is 4.31 Å². The minimum Gasteiger partial charge on any atom is -0.416 e. The molecule has 36 heavy (non-hydrogen) atoms. The van der Waals surface area contributed by atoms with E-state index in [1.54, 1.807) is 53.4 Å². The van der Waals surface area contributed by atoms with Crippen molar-refractivity contribution in [3.63, 3.8) is 0 Å². The Hall–Kier alpha value is -3.34. The Balaban J connectivity index is 1.23. The number of carbonyl (C=O) groups excluding carboxylic acids is 1. The zero-order valence-electron chi connectivity index (χ0n) is 19.5. The molecule has 10 heteroatoms. The number of benzene rings is 3. The first-order chi connectivity index (χ1) is 17.3. The molecule has 3 aromatic carbocycles. The van der Waals surface area contributed by atoms with Crippen LogP contribution >= 0.6 is 15.9 Å². The van der Waals surface area contributed by atoms with Gasteiger partial charge in [-0.1, -0.05) is 39.7 Å². The van der Waals surface area contributed by atoms with Gasteiger partial charge in [-0.05, 0) is 61.5 Å². The summed E-state index contributed by atoms with van der Waals surface area (Å²) >= 11 is 3.32. The van der Waals surface area contributed by atoms with Crippen molar-refractivity contribution < 1.29 is 17.6 Å². The lowest BCUT2D eigenvalue weighted by atomic mass is 10.1. The molecule has 1 saturated heterocycles. The highest BCUT2D eigenvalue weighted by atomic mass is 79.9. The maximum Gasteiger partial charge on any atom is 0.253 e. The van der Waals surface area contributed by atoms with E-state index >= 15 is 0 Å². The summed E-state index contributed by atoms with van der Waals surface area (Å²) in [5, 5.41) is 8.26. The summed E-state index contributed by atoms with van der Waals surface area (Å²) in [6.07, 6.45) is 0. The van der Waals surface area contributed by atoms with Gasteiger partial charge in [-0.25, -0.2) is 8.42 Å². The molecule has 0 bridgehead atoms. The first kappa shape index (κ1) is 24.4. The molecule has 184 valence electrons. The molecule has 0 unspecified atom stereocenters. The van der Waals surface area contributed by atoms with Crippen LogP contribution in [-0.4, -0.2) is 59.9 Å². The number of carbonyl (C=O) groups is 1. The minimum absolute atomic E-state index is 0.146. The average Bonchev–Trinajstić information content (AvgIpc) is 3.39. The van der Waals surface area contributed by atoms with E-state index in [9.17, 15) is 13.2 Å². The number of aromatic nitrogens is 2. The van der Waals surface area contributed by atoms with Crippen molar-refractivity contribution in [2.24, 2.45) is 0 Å². The van der Waals surface area contributed by atoms with Gasteiger partial charge in [0.05, 0.1) is 4.90 Å².